The van der Waals surface area contributed by atoms with Crippen LogP contribution in [0.2, 0.25) is 0 Å². The Labute approximate surface area is 144 Å². The van der Waals surface area contributed by atoms with Gasteiger partial charge in [-0.15, -0.1) is 0 Å². The predicted molar refractivity (Wildman–Crippen MR) is 95.6 cm³/mol. The van der Waals surface area contributed by atoms with Crippen molar-refractivity contribution < 1.29 is 14.3 Å². The van der Waals surface area contributed by atoms with Crippen LogP contribution in [0.4, 0.5) is 0 Å². The zero-order chi connectivity index (χ0) is 17.4. The van der Waals surface area contributed by atoms with Crippen molar-refractivity contribution in [1.29, 1.82) is 0 Å². The van der Waals surface area contributed by atoms with Crippen molar-refractivity contribution in [2.45, 2.75) is 6.92 Å². The quantitative estimate of drug-likeness (QED) is 0.595. The number of hydrogen-bond acceptors (Lipinski definition) is 5. The summed E-state index contributed by atoms with van der Waals surface area (Å²) in [5, 5.41) is 11.3. The molecule has 2 aromatic carbocycles. The number of nitrogens with zero attached hydrogens (tertiary/aromatic N) is 2. The molecule has 124 valence electrons. The molecule has 0 spiro atoms. The molecule has 0 fully saturated rings. The first-order valence-electron chi connectivity index (χ1n) is 7.86. The summed E-state index contributed by atoms with van der Waals surface area (Å²) in [4.78, 5) is 8.78. The zero-order valence-electron chi connectivity index (χ0n) is 13.9. The van der Waals surface area contributed by atoms with E-state index < -0.39 is 0 Å². The summed E-state index contributed by atoms with van der Waals surface area (Å²) in [6, 6.07) is 15.1. The van der Waals surface area contributed by atoms with Crippen LogP contribution in [0.15, 0.2) is 59.1 Å². The molecule has 0 aliphatic carbocycles. The minimum absolute atomic E-state index is 0.0850. The first-order valence-corrected chi connectivity index (χ1v) is 7.86. The van der Waals surface area contributed by atoms with Crippen LogP contribution < -0.4 is 4.74 Å². The highest BCUT2D eigenvalue weighted by molar-refractivity contribution is 5.96. The third kappa shape index (κ3) is 2.59. The summed E-state index contributed by atoms with van der Waals surface area (Å²) in [7, 11) is 1.63. The molecule has 4 aromatic rings. The van der Waals surface area contributed by atoms with Gasteiger partial charge in [-0.05, 0) is 37.3 Å². The molecule has 4 rings (SSSR count). The molecule has 0 aliphatic heterocycles. The summed E-state index contributed by atoms with van der Waals surface area (Å²) in [6.45, 7) is 1.76. The van der Waals surface area contributed by atoms with Gasteiger partial charge in [-0.3, -0.25) is 0 Å². The topological polar surface area (TPSA) is 68.4 Å². The number of hydrogen-bond donors (Lipinski definition) is 1. The first-order chi connectivity index (χ1) is 12.2. The number of aryl methyl sites for hydroxylation is 1. The number of aromatic hydroxyl groups is 1. The molecular formula is C20H16N2O3. The van der Waals surface area contributed by atoms with Crippen molar-refractivity contribution in [3.63, 3.8) is 0 Å². The van der Waals surface area contributed by atoms with E-state index in [0.717, 1.165) is 22.2 Å². The van der Waals surface area contributed by atoms with Gasteiger partial charge in [-0.2, -0.15) is 0 Å². The summed E-state index contributed by atoms with van der Waals surface area (Å²) in [5.74, 6) is 1.85. The molecule has 0 bridgehead atoms. The Kier molecular flexibility index (Phi) is 3.61. The van der Waals surface area contributed by atoms with Gasteiger partial charge >= 0.3 is 0 Å². The average Bonchev–Trinajstić information content (AvgIpc) is 3.12. The van der Waals surface area contributed by atoms with E-state index in [-0.39, 0.29) is 5.75 Å². The highest BCUT2D eigenvalue weighted by Crippen LogP contribution is 2.38. The molecule has 25 heavy (non-hydrogen) atoms. The molecule has 2 aromatic heterocycles. The summed E-state index contributed by atoms with van der Waals surface area (Å²) in [6.07, 6.45) is 1.65. The second-order valence-corrected chi connectivity index (χ2v) is 5.70. The van der Waals surface area contributed by atoms with Crippen LogP contribution in [0.3, 0.4) is 0 Å². The molecule has 0 atom stereocenters. The Morgan fingerprint density at radius 3 is 2.56 bits per heavy atom. The van der Waals surface area contributed by atoms with Crippen LogP contribution in [-0.2, 0) is 0 Å². The van der Waals surface area contributed by atoms with Crippen molar-refractivity contribution in [3.05, 3.63) is 60.4 Å². The highest BCUT2D eigenvalue weighted by atomic mass is 16.5. The van der Waals surface area contributed by atoms with E-state index in [9.17, 15) is 5.11 Å². The van der Waals surface area contributed by atoms with Gasteiger partial charge in [0.05, 0.1) is 30.1 Å². The second kappa shape index (κ2) is 5.94. The number of methoxy groups -OCH3 is 1. The molecule has 2 heterocycles. The number of ether oxygens (including phenoxy) is 1. The molecule has 0 aliphatic rings. The van der Waals surface area contributed by atoms with Crippen LogP contribution in [0, 0.1) is 6.92 Å². The fourth-order valence-electron chi connectivity index (χ4n) is 2.82. The minimum atomic E-state index is 0.0850. The second-order valence-electron chi connectivity index (χ2n) is 5.70. The molecule has 5 heteroatoms. The number of fused-ring (bicyclic) bond motifs is 1. The van der Waals surface area contributed by atoms with Crippen molar-refractivity contribution in [3.8, 4) is 34.3 Å². The van der Waals surface area contributed by atoms with Gasteiger partial charge in [-0.25, -0.2) is 9.97 Å². The SMILES string of the molecule is COc1ccc(-c2cnc(-c3c(O)c(C)nc4ccccc34)o2)cc1. The van der Waals surface area contributed by atoms with Crippen molar-refractivity contribution >= 4 is 10.9 Å². The van der Waals surface area contributed by atoms with E-state index in [4.69, 9.17) is 9.15 Å². The zero-order valence-corrected chi connectivity index (χ0v) is 13.9. The van der Waals surface area contributed by atoms with Crippen molar-refractivity contribution in [2.24, 2.45) is 0 Å². The summed E-state index contributed by atoms with van der Waals surface area (Å²) >= 11 is 0. The van der Waals surface area contributed by atoms with Crippen LogP contribution in [0.1, 0.15) is 5.69 Å². The third-order valence-electron chi connectivity index (χ3n) is 4.14. The van der Waals surface area contributed by atoms with E-state index >= 15 is 0 Å². The summed E-state index contributed by atoms with van der Waals surface area (Å²) < 4.78 is 11.1. The molecular weight excluding hydrogens is 316 g/mol. The van der Waals surface area contributed by atoms with Gasteiger partial charge in [0.25, 0.3) is 0 Å². The maximum absolute atomic E-state index is 10.5. The maximum Gasteiger partial charge on any atom is 0.231 e. The van der Waals surface area contributed by atoms with Gasteiger partial charge in [-0.1, -0.05) is 18.2 Å². The first kappa shape index (κ1) is 15.2. The number of pyridine rings is 1. The Bertz CT molecular complexity index is 1050. The van der Waals surface area contributed by atoms with Gasteiger partial charge in [0.1, 0.15) is 11.5 Å². The van der Waals surface area contributed by atoms with Crippen molar-refractivity contribution in [1.82, 2.24) is 9.97 Å². The maximum atomic E-state index is 10.5. The smallest absolute Gasteiger partial charge is 0.231 e. The number of benzene rings is 2. The van der Waals surface area contributed by atoms with Gasteiger partial charge in [0, 0.05) is 10.9 Å². The van der Waals surface area contributed by atoms with Crippen LogP contribution in [0.25, 0.3) is 33.7 Å². The van der Waals surface area contributed by atoms with E-state index in [1.54, 1.807) is 20.2 Å². The fraction of sp³-hybridized carbons (Fsp3) is 0.100. The number of oxazole rings is 1. The molecule has 0 saturated carbocycles. The summed E-state index contributed by atoms with van der Waals surface area (Å²) in [5.41, 5.74) is 2.77. The Hall–Kier alpha value is -3.34. The van der Waals surface area contributed by atoms with E-state index in [1.165, 1.54) is 0 Å². The van der Waals surface area contributed by atoms with E-state index in [0.29, 0.717) is 22.9 Å². The largest absolute Gasteiger partial charge is 0.505 e. The lowest BCUT2D eigenvalue weighted by Gasteiger charge is -2.08. The molecule has 0 radical (unpaired) electrons. The number of rotatable bonds is 3. The molecule has 1 N–H and O–H groups in total. The lowest BCUT2D eigenvalue weighted by molar-refractivity contribution is 0.415. The van der Waals surface area contributed by atoms with E-state index in [1.807, 2.05) is 48.5 Å². The van der Waals surface area contributed by atoms with Gasteiger partial charge in [0.2, 0.25) is 5.89 Å². The van der Waals surface area contributed by atoms with Gasteiger partial charge in [0.15, 0.2) is 5.76 Å². The Balaban J connectivity index is 1.85. The van der Waals surface area contributed by atoms with E-state index in [2.05, 4.69) is 9.97 Å². The molecule has 0 saturated heterocycles. The molecule has 0 amide bonds. The Morgan fingerprint density at radius 2 is 1.80 bits per heavy atom. The third-order valence-corrected chi connectivity index (χ3v) is 4.14. The monoisotopic (exact) mass is 332 g/mol. The van der Waals surface area contributed by atoms with Crippen molar-refractivity contribution in [2.75, 3.05) is 7.11 Å². The normalized spacial score (nSPS) is 11.0. The van der Waals surface area contributed by atoms with Crippen LogP contribution in [-0.4, -0.2) is 22.2 Å². The number of para-hydroxylation sites is 1. The lowest BCUT2D eigenvalue weighted by atomic mass is 10.1. The fourth-order valence-corrected chi connectivity index (χ4v) is 2.82. The average molecular weight is 332 g/mol. The van der Waals surface area contributed by atoms with Gasteiger partial charge < -0.3 is 14.3 Å². The Morgan fingerprint density at radius 1 is 1.04 bits per heavy atom. The number of aromatic nitrogens is 2. The minimum Gasteiger partial charge on any atom is -0.505 e. The van der Waals surface area contributed by atoms with Crippen LogP contribution >= 0.6 is 0 Å². The van der Waals surface area contributed by atoms with Crippen LogP contribution in [0.5, 0.6) is 11.5 Å². The predicted octanol–water partition coefficient (Wildman–Crippen LogP) is 4.58. The molecule has 5 nitrogen and oxygen atoms in total. The lowest BCUT2D eigenvalue weighted by Crippen LogP contribution is -1.90. The standard InChI is InChI=1S/C20H16N2O3/c1-12-19(23)18(15-5-3-4-6-16(15)22-12)20-21-11-17(25-20)13-7-9-14(24-2)10-8-13/h3-11,23H,1-2H3. The highest BCUT2D eigenvalue weighted by Gasteiger charge is 2.18. The molecule has 0 unspecified atom stereocenters.